The third-order valence-electron chi connectivity index (χ3n) is 3.16. The standard InChI is InChI=1S/C16H12Cl2N2O4/c17-11-3-1-9(5-12(11)18)19-15(21)7-23-10-2-4-14-13(6-10)20-16(22)8-24-14/h1-6H,7-8H2,(H,19,21)(H,20,22). The lowest BCUT2D eigenvalue weighted by Gasteiger charge is -2.18. The molecule has 3 rings (SSSR count). The van der Waals surface area contributed by atoms with Crippen LogP contribution in [0.15, 0.2) is 36.4 Å². The van der Waals surface area contributed by atoms with Crippen molar-refractivity contribution in [2.45, 2.75) is 0 Å². The number of amides is 2. The van der Waals surface area contributed by atoms with Gasteiger partial charge < -0.3 is 20.1 Å². The van der Waals surface area contributed by atoms with E-state index >= 15 is 0 Å². The highest BCUT2D eigenvalue weighted by Gasteiger charge is 2.16. The van der Waals surface area contributed by atoms with Gasteiger partial charge in [-0.1, -0.05) is 23.2 Å². The number of carbonyl (C=O) groups is 2. The lowest BCUT2D eigenvalue weighted by molar-refractivity contribution is -0.119. The lowest BCUT2D eigenvalue weighted by Crippen LogP contribution is -2.25. The number of hydrogen-bond acceptors (Lipinski definition) is 4. The summed E-state index contributed by atoms with van der Waals surface area (Å²) in [4.78, 5) is 23.2. The highest BCUT2D eigenvalue weighted by atomic mass is 35.5. The summed E-state index contributed by atoms with van der Waals surface area (Å²) in [7, 11) is 0. The summed E-state index contributed by atoms with van der Waals surface area (Å²) in [5, 5.41) is 6.07. The highest BCUT2D eigenvalue weighted by Crippen LogP contribution is 2.31. The topological polar surface area (TPSA) is 76.7 Å². The molecule has 124 valence electrons. The Bertz CT molecular complexity index is 811. The Morgan fingerprint density at radius 1 is 1.21 bits per heavy atom. The minimum Gasteiger partial charge on any atom is -0.484 e. The van der Waals surface area contributed by atoms with E-state index in [1.165, 1.54) is 0 Å². The molecule has 0 aliphatic carbocycles. The molecule has 0 unspecified atom stereocenters. The predicted octanol–water partition coefficient (Wildman–Crippen LogP) is 3.34. The number of ether oxygens (including phenoxy) is 2. The van der Waals surface area contributed by atoms with Crippen LogP contribution in [-0.4, -0.2) is 25.0 Å². The molecule has 6 nitrogen and oxygen atoms in total. The first-order chi connectivity index (χ1) is 11.5. The van der Waals surface area contributed by atoms with Crippen molar-refractivity contribution in [1.82, 2.24) is 0 Å². The average Bonchev–Trinajstić information content (AvgIpc) is 2.56. The number of carbonyl (C=O) groups excluding carboxylic acids is 2. The molecule has 2 aromatic rings. The maximum absolute atomic E-state index is 11.9. The molecule has 0 atom stereocenters. The first-order valence-electron chi connectivity index (χ1n) is 6.95. The van der Waals surface area contributed by atoms with Gasteiger partial charge in [-0.3, -0.25) is 9.59 Å². The van der Waals surface area contributed by atoms with Crippen molar-refractivity contribution >= 4 is 46.4 Å². The number of rotatable bonds is 4. The van der Waals surface area contributed by atoms with E-state index in [4.69, 9.17) is 32.7 Å². The Balaban J connectivity index is 1.59. The van der Waals surface area contributed by atoms with E-state index in [0.29, 0.717) is 32.9 Å². The van der Waals surface area contributed by atoms with Crippen LogP contribution in [0.3, 0.4) is 0 Å². The molecule has 8 heteroatoms. The molecule has 0 radical (unpaired) electrons. The van der Waals surface area contributed by atoms with Crippen LogP contribution < -0.4 is 20.1 Å². The zero-order chi connectivity index (χ0) is 17.1. The van der Waals surface area contributed by atoms with Crippen molar-refractivity contribution in [2.75, 3.05) is 23.8 Å². The first kappa shape index (κ1) is 16.4. The minimum atomic E-state index is -0.355. The molecule has 0 spiro atoms. The van der Waals surface area contributed by atoms with Crippen molar-refractivity contribution in [2.24, 2.45) is 0 Å². The molecule has 0 bridgehead atoms. The molecular formula is C16H12Cl2N2O4. The van der Waals surface area contributed by atoms with Gasteiger partial charge in [0, 0.05) is 11.8 Å². The minimum absolute atomic E-state index is 0.0146. The van der Waals surface area contributed by atoms with Crippen LogP contribution >= 0.6 is 23.2 Å². The van der Waals surface area contributed by atoms with Gasteiger partial charge in [-0.15, -0.1) is 0 Å². The lowest BCUT2D eigenvalue weighted by atomic mass is 10.2. The van der Waals surface area contributed by atoms with E-state index in [1.54, 1.807) is 36.4 Å². The smallest absolute Gasteiger partial charge is 0.262 e. The second kappa shape index (κ2) is 6.98. The maximum atomic E-state index is 11.9. The van der Waals surface area contributed by atoms with Crippen molar-refractivity contribution in [3.05, 3.63) is 46.4 Å². The second-order valence-corrected chi connectivity index (χ2v) is 5.77. The maximum Gasteiger partial charge on any atom is 0.262 e. The van der Waals surface area contributed by atoms with E-state index in [9.17, 15) is 9.59 Å². The summed E-state index contributed by atoms with van der Waals surface area (Å²) in [6.07, 6.45) is 0. The molecule has 0 fully saturated rings. The SMILES string of the molecule is O=C(COc1ccc2c(c1)NC(=O)CO2)Nc1ccc(Cl)c(Cl)c1. The Morgan fingerprint density at radius 2 is 2.04 bits per heavy atom. The Hall–Kier alpha value is -2.44. The van der Waals surface area contributed by atoms with Crippen LogP contribution in [0.2, 0.25) is 10.0 Å². The van der Waals surface area contributed by atoms with Crippen LogP contribution in [0.4, 0.5) is 11.4 Å². The van der Waals surface area contributed by atoms with Crippen LogP contribution in [0.25, 0.3) is 0 Å². The molecule has 2 N–H and O–H groups in total. The number of hydrogen-bond donors (Lipinski definition) is 2. The molecule has 1 aliphatic heterocycles. The van der Waals surface area contributed by atoms with Crippen LogP contribution in [0.5, 0.6) is 11.5 Å². The van der Waals surface area contributed by atoms with Gasteiger partial charge in [-0.25, -0.2) is 0 Å². The zero-order valence-electron chi connectivity index (χ0n) is 12.3. The molecule has 2 aromatic carbocycles. The number of anilines is 2. The van der Waals surface area contributed by atoms with E-state index in [-0.39, 0.29) is 25.0 Å². The molecule has 0 aromatic heterocycles. The fourth-order valence-electron chi connectivity index (χ4n) is 2.07. The van der Waals surface area contributed by atoms with Crippen LogP contribution in [0, 0.1) is 0 Å². The number of nitrogens with one attached hydrogen (secondary N) is 2. The molecular weight excluding hydrogens is 355 g/mol. The highest BCUT2D eigenvalue weighted by molar-refractivity contribution is 6.42. The predicted molar refractivity (Wildman–Crippen MR) is 91.2 cm³/mol. The van der Waals surface area contributed by atoms with Crippen molar-refractivity contribution < 1.29 is 19.1 Å². The van der Waals surface area contributed by atoms with E-state index < -0.39 is 0 Å². The van der Waals surface area contributed by atoms with Gasteiger partial charge in [0.15, 0.2) is 13.2 Å². The Morgan fingerprint density at radius 3 is 2.83 bits per heavy atom. The van der Waals surface area contributed by atoms with Gasteiger partial charge in [-0.2, -0.15) is 0 Å². The fourth-order valence-corrected chi connectivity index (χ4v) is 2.37. The summed E-state index contributed by atoms with van der Waals surface area (Å²) in [6, 6.07) is 9.69. The third kappa shape index (κ3) is 3.90. The summed E-state index contributed by atoms with van der Waals surface area (Å²) >= 11 is 11.7. The largest absolute Gasteiger partial charge is 0.484 e. The summed E-state index contributed by atoms with van der Waals surface area (Å²) < 4.78 is 10.7. The van der Waals surface area contributed by atoms with Crippen molar-refractivity contribution in [3.8, 4) is 11.5 Å². The summed E-state index contributed by atoms with van der Waals surface area (Å²) in [6.45, 7) is -0.215. The molecule has 0 saturated heterocycles. The number of halogens is 2. The van der Waals surface area contributed by atoms with Gasteiger partial charge in [-0.05, 0) is 30.3 Å². The molecule has 0 saturated carbocycles. The monoisotopic (exact) mass is 366 g/mol. The Labute approximate surface area is 147 Å². The quantitative estimate of drug-likeness (QED) is 0.869. The Kier molecular flexibility index (Phi) is 4.78. The molecule has 1 aliphatic rings. The van der Waals surface area contributed by atoms with Crippen molar-refractivity contribution in [1.29, 1.82) is 0 Å². The van der Waals surface area contributed by atoms with Crippen LogP contribution in [-0.2, 0) is 9.59 Å². The van der Waals surface area contributed by atoms with Gasteiger partial charge in [0.05, 0.1) is 15.7 Å². The summed E-state index contributed by atoms with van der Waals surface area (Å²) in [5.74, 6) is 0.398. The van der Waals surface area contributed by atoms with Gasteiger partial charge in [0.2, 0.25) is 0 Å². The second-order valence-electron chi connectivity index (χ2n) is 4.96. The van der Waals surface area contributed by atoms with Gasteiger partial charge >= 0.3 is 0 Å². The number of fused-ring (bicyclic) bond motifs is 1. The van der Waals surface area contributed by atoms with Gasteiger partial charge in [0.25, 0.3) is 11.8 Å². The molecule has 1 heterocycles. The van der Waals surface area contributed by atoms with E-state index in [2.05, 4.69) is 10.6 Å². The number of benzene rings is 2. The average molecular weight is 367 g/mol. The van der Waals surface area contributed by atoms with Gasteiger partial charge in [0.1, 0.15) is 11.5 Å². The normalized spacial score (nSPS) is 12.7. The molecule has 2 amide bonds. The summed E-state index contributed by atoms with van der Waals surface area (Å²) in [5.41, 5.74) is 1.03. The van der Waals surface area contributed by atoms with Crippen molar-refractivity contribution in [3.63, 3.8) is 0 Å². The van der Waals surface area contributed by atoms with E-state index in [1.807, 2.05) is 0 Å². The zero-order valence-corrected chi connectivity index (χ0v) is 13.8. The van der Waals surface area contributed by atoms with E-state index in [0.717, 1.165) is 0 Å². The first-order valence-corrected chi connectivity index (χ1v) is 7.71. The van der Waals surface area contributed by atoms with Crippen LogP contribution in [0.1, 0.15) is 0 Å². The fraction of sp³-hybridized carbons (Fsp3) is 0.125. The molecule has 24 heavy (non-hydrogen) atoms. The third-order valence-corrected chi connectivity index (χ3v) is 3.90.